The van der Waals surface area contributed by atoms with Crippen molar-refractivity contribution in [1.82, 2.24) is 10.3 Å². The van der Waals surface area contributed by atoms with E-state index in [-0.39, 0.29) is 17.5 Å². The fraction of sp³-hybridized carbons (Fsp3) is 0.200. The monoisotopic (exact) mass is 272 g/mol. The predicted octanol–water partition coefficient (Wildman–Crippen LogP) is 2.47. The summed E-state index contributed by atoms with van der Waals surface area (Å²) in [6.07, 6.45) is 1.97. The van der Waals surface area contributed by atoms with Gasteiger partial charge >= 0.3 is 0 Å². The Labute approximate surface area is 115 Å². The first-order valence-electron chi connectivity index (χ1n) is 6.38. The van der Waals surface area contributed by atoms with E-state index in [9.17, 15) is 9.18 Å². The second-order valence-corrected chi connectivity index (χ2v) is 4.57. The van der Waals surface area contributed by atoms with E-state index in [0.717, 1.165) is 17.4 Å². The summed E-state index contributed by atoms with van der Waals surface area (Å²) < 4.78 is 18.6. The average Bonchev–Trinajstić information content (AvgIpc) is 2.47. The third kappa shape index (κ3) is 2.47. The lowest BCUT2D eigenvalue weighted by Crippen LogP contribution is -2.32. The summed E-state index contributed by atoms with van der Waals surface area (Å²) in [6.45, 7) is 0.548. The average molecular weight is 272 g/mol. The van der Waals surface area contributed by atoms with Gasteiger partial charge < -0.3 is 10.1 Å². The lowest BCUT2D eigenvalue weighted by atomic mass is 10.0. The van der Waals surface area contributed by atoms with E-state index < -0.39 is 5.95 Å². The predicted molar refractivity (Wildman–Crippen MR) is 71.0 cm³/mol. The minimum atomic E-state index is -0.662. The Kier molecular flexibility index (Phi) is 3.33. The topological polar surface area (TPSA) is 51.2 Å². The van der Waals surface area contributed by atoms with Gasteiger partial charge in [0.25, 0.3) is 5.91 Å². The first kappa shape index (κ1) is 12.6. The van der Waals surface area contributed by atoms with Gasteiger partial charge in [-0.2, -0.15) is 4.39 Å². The molecule has 1 atom stereocenters. The van der Waals surface area contributed by atoms with E-state index in [2.05, 4.69) is 10.3 Å². The molecule has 0 aliphatic carbocycles. The molecule has 2 aromatic rings. The van der Waals surface area contributed by atoms with Crippen molar-refractivity contribution in [3.8, 4) is 5.75 Å². The smallest absolute Gasteiger partial charge is 0.251 e. The minimum Gasteiger partial charge on any atom is -0.493 e. The molecule has 1 amide bonds. The van der Waals surface area contributed by atoms with Crippen LogP contribution in [0.25, 0.3) is 0 Å². The lowest BCUT2D eigenvalue weighted by molar-refractivity contribution is 0.0924. The molecule has 2 heterocycles. The number of nitrogens with one attached hydrogen (secondary N) is 1. The molecule has 0 unspecified atom stereocenters. The molecule has 0 saturated carbocycles. The molecule has 4 nitrogen and oxygen atoms in total. The number of fused-ring (bicyclic) bond motifs is 1. The Morgan fingerprint density at radius 1 is 1.35 bits per heavy atom. The molecule has 1 N–H and O–H groups in total. The number of carbonyl (C=O) groups is 1. The number of ether oxygens (including phenoxy) is 1. The van der Waals surface area contributed by atoms with Crippen molar-refractivity contribution in [3.05, 3.63) is 59.7 Å². The highest BCUT2D eigenvalue weighted by Crippen LogP contribution is 2.31. The van der Waals surface area contributed by atoms with E-state index in [1.54, 1.807) is 0 Å². The number of halogens is 1. The molecule has 102 valence electrons. The number of aromatic nitrogens is 1. The summed E-state index contributed by atoms with van der Waals surface area (Å²) in [5.74, 6) is -0.192. The van der Waals surface area contributed by atoms with Gasteiger partial charge in [0.2, 0.25) is 5.95 Å². The summed E-state index contributed by atoms with van der Waals surface area (Å²) in [5.41, 5.74) is 1.21. The molecular formula is C15H13FN2O2. The maximum atomic E-state index is 13.0. The normalized spacial score (nSPS) is 16.9. The SMILES string of the molecule is O=C(N[C@@H]1CCOc2ccccc21)c1ccnc(F)c1. The van der Waals surface area contributed by atoms with Gasteiger partial charge in [0.1, 0.15) is 5.75 Å². The molecule has 5 heteroatoms. The highest BCUT2D eigenvalue weighted by Gasteiger charge is 2.23. The molecule has 1 aromatic carbocycles. The summed E-state index contributed by atoms with van der Waals surface area (Å²) in [7, 11) is 0. The van der Waals surface area contributed by atoms with Gasteiger partial charge in [-0.15, -0.1) is 0 Å². The molecule has 1 aliphatic rings. The molecule has 1 aromatic heterocycles. The number of amides is 1. The van der Waals surface area contributed by atoms with Crippen molar-refractivity contribution in [2.75, 3.05) is 6.61 Å². The minimum absolute atomic E-state index is 0.122. The lowest BCUT2D eigenvalue weighted by Gasteiger charge is -2.26. The second kappa shape index (κ2) is 5.28. The van der Waals surface area contributed by atoms with Crippen LogP contribution in [0.3, 0.4) is 0 Å². The highest BCUT2D eigenvalue weighted by atomic mass is 19.1. The standard InChI is InChI=1S/C15H13FN2O2/c16-14-9-10(5-7-17-14)15(19)18-12-6-8-20-13-4-2-1-3-11(12)13/h1-5,7,9,12H,6,8H2,(H,18,19)/t12-/m1/s1. The van der Waals surface area contributed by atoms with Crippen LogP contribution in [0.1, 0.15) is 28.4 Å². The van der Waals surface area contributed by atoms with Crippen molar-refractivity contribution in [1.29, 1.82) is 0 Å². The zero-order valence-corrected chi connectivity index (χ0v) is 10.7. The quantitative estimate of drug-likeness (QED) is 0.854. The largest absolute Gasteiger partial charge is 0.493 e. The Balaban J connectivity index is 1.81. The van der Waals surface area contributed by atoms with Gasteiger partial charge in [0.05, 0.1) is 12.6 Å². The van der Waals surface area contributed by atoms with E-state index >= 15 is 0 Å². The molecule has 3 rings (SSSR count). The molecule has 0 fully saturated rings. The second-order valence-electron chi connectivity index (χ2n) is 4.57. The fourth-order valence-corrected chi connectivity index (χ4v) is 2.28. The molecular weight excluding hydrogens is 259 g/mol. The van der Waals surface area contributed by atoms with Crippen LogP contribution >= 0.6 is 0 Å². The van der Waals surface area contributed by atoms with Crippen molar-refractivity contribution < 1.29 is 13.9 Å². The van der Waals surface area contributed by atoms with Crippen LogP contribution in [0.2, 0.25) is 0 Å². The van der Waals surface area contributed by atoms with Crippen LogP contribution < -0.4 is 10.1 Å². The van der Waals surface area contributed by atoms with Crippen LogP contribution in [0.15, 0.2) is 42.6 Å². The Morgan fingerprint density at radius 3 is 3.05 bits per heavy atom. The zero-order valence-electron chi connectivity index (χ0n) is 10.7. The van der Waals surface area contributed by atoms with Gasteiger partial charge in [-0.3, -0.25) is 4.79 Å². The number of carbonyl (C=O) groups excluding carboxylic acids is 1. The van der Waals surface area contributed by atoms with Crippen LogP contribution in [-0.4, -0.2) is 17.5 Å². The molecule has 1 aliphatic heterocycles. The number of hydrogen-bond donors (Lipinski definition) is 1. The van der Waals surface area contributed by atoms with Gasteiger partial charge in [0.15, 0.2) is 0 Å². The van der Waals surface area contributed by atoms with Crippen LogP contribution in [0.5, 0.6) is 5.75 Å². The van der Waals surface area contributed by atoms with Crippen molar-refractivity contribution in [2.24, 2.45) is 0 Å². The van der Waals surface area contributed by atoms with Crippen LogP contribution in [0.4, 0.5) is 4.39 Å². The van der Waals surface area contributed by atoms with Crippen molar-refractivity contribution >= 4 is 5.91 Å². The van der Waals surface area contributed by atoms with E-state index in [4.69, 9.17) is 4.74 Å². The third-order valence-electron chi connectivity index (χ3n) is 3.25. The highest BCUT2D eigenvalue weighted by molar-refractivity contribution is 5.94. The Bertz CT molecular complexity index is 645. The number of nitrogens with zero attached hydrogens (tertiary/aromatic N) is 1. The summed E-state index contributed by atoms with van der Waals surface area (Å²) in [4.78, 5) is 15.6. The maximum Gasteiger partial charge on any atom is 0.251 e. The van der Waals surface area contributed by atoms with Crippen molar-refractivity contribution in [2.45, 2.75) is 12.5 Å². The molecule has 0 bridgehead atoms. The zero-order chi connectivity index (χ0) is 13.9. The number of benzene rings is 1. The Morgan fingerprint density at radius 2 is 2.20 bits per heavy atom. The van der Waals surface area contributed by atoms with E-state index in [1.165, 1.54) is 12.3 Å². The van der Waals surface area contributed by atoms with Crippen molar-refractivity contribution in [3.63, 3.8) is 0 Å². The third-order valence-corrected chi connectivity index (χ3v) is 3.25. The fourth-order valence-electron chi connectivity index (χ4n) is 2.28. The van der Waals surface area contributed by atoms with Gasteiger partial charge in [0, 0.05) is 29.8 Å². The van der Waals surface area contributed by atoms with Crippen LogP contribution in [-0.2, 0) is 0 Å². The molecule has 0 radical (unpaired) electrons. The number of para-hydroxylation sites is 1. The van der Waals surface area contributed by atoms with Crippen LogP contribution in [0, 0.1) is 5.95 Å². The summed E-state index contributed by atoms with van der Waals surface area (Å²) in [6, 6.07) is 10.1. The molecule has 0 spiro atoms. The van der Waals surface area contributed by atoms with Gasteiger partial charge in [-0.05, 0) is 12.1 Å². The van der Waals surface area contributed by atoms with E-state index in [1.807, 2.05) is 24.3 Å². The number of hydrogen-bond acceptors (Lipinski definition) is 3. The maximum absolute atomic E-state index is 13.0. The number of pyridine rings is 1. The first-order chi connectivity index (χ1) is 9.74. The summed E-state index contributed by atoms with van der Waals surface area (Å²) >= 11 is 0. The first-order valence-corrected chi connectivity index (χ1v) is 6.38. The molecule has 20 heavy (non-hydrogen) atoms. The summed E-state index contributed by atoms with van der Waals surface area (Å²) in [5, 5.41) is 2.91. The van der Waals surface area contributed by atoms with Gasteiger partial charge in [-0.1, -0.05) is 18.2 Å². The van der Waals surface area contributed by atoms with Gasteiger partial charge in [-0.25, -0.2) is 4.98 Å². The molecule has 0 saturated heterocycles. The Hall–Kier alpha value is -2.43. The van der Waals surface area contributed by atoms with E-state index in [0.29, 0.717) is 13.0 Å². The number of rotatable bonds is 2.